The summed E-state index contributed by atoms with van der Waals surface area (Å²) in [4.78, 5) is 7.10. The molecule has 0 aromatic heterocycles. The Morgan fingerprint density at radius 3 is 2.57 bits per heavy atom. The van der Waals surface area contributed by atoms with Gasteiger partial charge in [-0.25, -0.2) is 0 Å². The first kappa shape index (κ1) is 19.4. The minimum atomic E-state index is -0.585. The number of aliphatic hydroxyl groups is 1. The van der Waals surface area contributed by atoms with E-state index in [9.17, 15) is 5.11 Å². The zero-order valence-corrected chi connectivity index (χ0v) is 16.6. The Hall–Kier alpha value is 0.310. The summed E-state index contributed by atoms with van der Waals surface area (Å²) in [5, 5.41) is 13.8. The van der Waals surface area contributed by atoms with E-state index >= 15 is 0 Å². The maximum atomic E-state index is 10.4. The fourth-order valence-corrected chi connectivity index (χ4v) is 4.49. The van der Waals surface area contributed by atoms with Gasteiger partial charge in [0.15, 0.2) is 5.96 Å². The molecule has 2 rings (SSSR count). The number of likely N-dealkylation sites (tertiary alicyclic amines) is 1. The van der Waals surface area contributed by atoms with Crippen LogP contribution in [-0.2, 0) is 0 Å². The predicted octanol–water partition coefficient (Wildman–Crippen LogP) is 2.42. The van der Waals surface area contributed by atoms with Gasteiger partial charge in [-0.1, -0.05) is 13.8 Å². The number of hydrogen-bond donors (Lipinski definition) is 2. The maximum absolute atomic E-state index is 10.4. The highest BCUT2D eigenvalue weighted by atomic mass is 127. The van der Waals surface area contributed by atoms with E-state index in [0.717, 1.165) is 43.5 Å². The normalized spacial score (nSPS) is 33.7. The second kappa shape index (κ2) is 8.82. The molecule has 2 N–H and O–H groups in total. The van der Waals surface area contributed by atoms with E-state index in [4.69, 9.17) is 4.99 Å². The van der Waals surface area contributed by atoms with Gasteiger partial charge in [0.2, 0.25) is 0 Å². The van der Waals surface area contributed by atoms with Crippen molar-refractivity contribution in [1.29, 1.82) is 0 Å². The molecule has 2 heterocycles. The maximum Gasteiger partial charge on any atom is 0.194 e. The molecule has 3 atom stereocenters. The first-order valence-corrected chi connectivity index (χ1v) is 9.01. The minimum Gasteiger partial charge on any atom is -0.387 e. The van der Waals surface area contributed by atoms with E-state index in [-0.39, 0.29) is 24.0 Å². The molecule has 124 valence electrons. The Kier molecular flexibility index (Phi) is 8.13. The van der Waals surface area contributed by atoms with Gasteiger partial charge in [0.25, 0.3) is 0 Å². The van der Waals surface area contributed by atoms with E-state index < -0.39 is 5.60 Å². The molecule has 0 bridgehead atoms. The first-order chi connectivity index (χ1) is 9.52. The average molecular weight is 427 g/mol. The van der Waals surface area contributed by atoms with Crippen LogP contribution in [-0.4, -0.2) is 59.3 Å². The van der Waals surface area contributed by atoms with Crippen LogP contribution in [0.1, 0.15) is 33.6 Å². The van der Waals surface area contributed by atoms with Crippen LogP contribution in [0.25, 0.3) is 0 Å². The third kappa shape index (κ3) is 5.78. The van der Waals surface area contributed by atoms with Crippen LogP contribution >= 0.6 is 35.7 Å². The number of hydrogen-bond acceptors (Lipinski definition) is 3. The molecule has 2 aliphatic rings. The Labute approximate surface area is 150 Å². The third-order valence-corrected chi connectivity index (χ3v) is 5.34. The van der Waals surface area contributed by atoms with E-state index in [1.54, 1.807) is 0 Å². The van der Waals surface area contributed by atoms with Crippen LogP contribution in [0.3, 0.4) is 0 Å². The summed E-state index contributed by atoms with van der Waals surface area (Å²) < 4.78 is 0. The number of aliphatic imine (C=N–C) groups is 1. The van der Waals surface area contributed by atoms with E-state index in [1.165, 1.54) is 6.42 Å². The van der Waals surface area contributed by atoms with E-state index in [2.05, 4.69) is 31.0 Å². The van der Waals surface area contributed by atoms with Gasteiger partial charge < -0.3 is 15.3 Å². The van der Waals surface area contributed by atoms with Crippen LogP contribution in [0, 0.1) is 11.8 Å². The van der Waals surface area contributed by atoms with Crippen LogP contribution in [0.2, 0.25) is 0 Å². The Bertz CT molecular complexity index is 338. The lowest BCUT2D eigenvalue weighted by molar-refractivity contribution is 0.0773. The molecule has 0 aromatic rings. The smallest absolute Gasteiger partial charge is 0.194 e. The number of thioether (sulfide) groups is 1. The molecule has 0 saturated carbocycles. The number of halogens is 1. The molecule has 2 aliphatic heterocycles. The summed E-state index contributed by atoms with van der Waals surface area (Å²) in [6, 6.07) is 0. The van der Waals surface area contributed by atoms with Crippen molar-refractivity contribution in [2.75, 3.05) is 37.7 Å². The predicted molar refractivity (Wildman–Crippen MR) is 103 cm³/mol. The van der Waals surface area contributed by atoms with Gasteiger partial charge in [0.1, 0.15) is 0 Å². The first-order valence-electron chi connectivity index (χ1n) is 7.86. The number of rotatable bonds is 3. The van der Waals surface area contributed by atoms with Crippen LogP contribution in [0.5, 0.6) is 0 Å². The van der Waals surface area contributed by atoms with Crippen molar-refractivity contribution in [2.45, 2.75) is 39.2 Å². The monoisotopic (exact) mass is 427 g/mol. The quantitative estimate of drug-likeness (QED) is 0.413. The molecule has 0 aliphatic carbocycles. The SMILES string of the molecule is CCNC(=NCC1(O)CCSC1)N1CC(C)CC(C)C1.I. The fraction of sp³-hybridized carbons (Fsp3) is 0.933. The number of guanidine groups is 1. The van der Waals surface area contributed by atoms with Crippen molar-refractivity contribution >= 4 is 41.7 Å². The van der Waals surface area contributed by atoms with E-state index in [0.29, 0.717) is 18.4 Å². The van der Waals surface area contributed by atoms with Crippen molar-refractivity contribution < 1.29 is 5.11 Å². The third-order valence-electron chi connectivity index (χ3n) is 4.11. The molecular formula is C15H30IN3OS. The average Bonchev–Trinajstić information content (AvgIpc) is 2.80. The summed E-state index contributed by atoms with van der Waals surface area (Å²) in [5.41, 5.74) is -0.585. The highest BCUT2D eigenvalue weighted by molar-refractivity contribution is 14.0. The van der Waals surface area contributed by atoms with Crippen LogP contribution < -0.4 is 5.32 Å². The zero-order valence-electron chi connectivity index (χ0n) is 13.5. The fourth-order valence-electron chi connectivity index (χ4n) is 3.20. The lowest BCUT2D eigenvalue weighted by atomic mass is 9.92. The van der Waals surface area contributed by atoms with Gasteiger partial charge in [-0.3, -0.25) is 4.99 Å². The Balaban J connectivity index is 0.00000220. The van der Waals surface area contributed by atoms with Crippen molar-refractivity contribution in [1.82, 2.24) is 10.2 Å². The summed E-state index contributed by atoms with van der Waals surface area (Å²) in [6.07, 6.45) is 2.17. The van der Waals surface area contributed by atoms with Crippen molar-refractivity contribution in [2.24, 2.45) is 16.8 Å². The Morgan fingerprint density at radius 2 is 2.05 bits per heavy atom. The van der Waals surface area contributed by atoms with Gasteiger partial charge in [-0.05, 0) is 37.4 Å². The number of nitrogens with one attached hydrogen (secondary N) is 1. The lowest BCUT2D eigenvalue weighted by Crippen LogP contribution is -2.49. The molecule has 6 heteroatoms. The van der Waals surface area contributed by atoms with Gasteiger partial charge in [0.05, 0.1) is 12.1 Å². The molecule has 4 nitrogen and oxygen atoms in total. The van der Waals surface area contributed by atoms with Gasteiger partial charge in [-0.2, -0.15) is 11.8 Å². The molecule has 0 amide bonds. The Morgan fingerprint density at radius 1 is 1.38 bits per heavy atom. The molecule has 0 radical (unpaired) electrons. The highest BCUT2D eigenvalue weighted by Gasteiger charge is 2.32. The molecular weight excluding hydrogens is 397 g/mol. The molecule has 0 aromatic carbocycles. The van der Waals surface area contributed by atoms with Gasteiger partial charge in [-0.15, -0.1) is 24.0 Å². The lowest BCUT2D eigenvalue weighted by Gasteiger charge is -2.37. The largest absolute Gasteiger partial charge is 0.387 e. The molecule has 2 saturated heterocycles. The highest BCUT2D eigenvalue weighted by Crippen LogP contribution is 2.28. The second-order valence-corrected chi connectivity index (χ2v) is 7.65. The molecule has 0 spiro atoms. The summed E-state index contributed by atoms with van der Waals surface area (Å²) >= 11 is 1.83. The zero-order chi connectivity index (χ0) is 14.6. The summed E-state index contributed by atoms with van der Waals surface area (Å²) in [6.45, 7) is 10.3. The van der Waals surface area contributed by atoms with Crippen LogP contribution in [0.15, 0.2) is 4.99 Å². The number of piperidine rings is 1. The topological polar surface area (TPSA) is 47.9 Å². The molecule has 3 unspecified atom stereocenters. The summed E-state index contributed by atoms with van der Waals surface area (Å²) in [5.74, 6) is 4.29. The van der Waals surface area contributed by atoms with Crippen LogP contribution in [0.4, 0.5) is 0 Å². The van der Waals surface area contributed by atoms with Gasteiger partial charge >= 0.3 is 0 Å². The standard InChI is InChI=1S/C15H29N3OS.HI/c1-4-16-14(17-10-15(19)5-6-20-11-15)18-8-12(2)7-13(3)9-18;/h12-13,19H,4-11H2,1-3H3,(H,16,17);1H. The summed E-state index contributed by atoms with van der Waals surface area (Å²) in [7, 11) is 0. The van der Waals surface area contributed by atoms with Crippen molar-refractivity contribution in [3.63, 3.8) is 0 Å². The second-order valence-electron chi connectivity index (χ2n) is 6.55. The minimum absolute atomic E-state index is 0. The number of nitrogens with zero attached hydrogens (tertiary/aromatic N) is 2. The van der Waals surface area contributed by atoms with Gasteiger partial charge in [0, 0.05) is 25.4 Å². The van der Waals surface area contributed by atoms with E-state index in [1.807, 2.05) is 11.8 Å². The van der Waals surface area contributed by atoms with Crippen molar-refractivity contribution in [3.8, 4) is 0 Å². The molecule has 21 heavy (non-hydrogen) atoms. The van der Waals surface area contributed by atoms with Crippen molar-refractivity contribution in [3.05, 3.63) is 0 Å². The molecule has 2 fully saturated rings.